The molecule has 0 radical (unpaired) electrons. The highest BCUT2D eigenvalue weighted by molar-refractivity contribution is 5.66. The second-order valence-corrected chi connectivity index (χ2v) is 7.48. The number of hydrogen-bond donors (Lipinski definition) is 1. The summed E-state index contributed by atoms with van der Waals surface area (Å²) in [6.07, 6.45) is 0.749. The normalized spacial score (nSPS) is 30.3. The maximum absolute atomic E-state index is 11.6. The first-order valence-corrected chi connectivity index (χ1v) is 9.07. The van der Waals surface area contributed by atoms with Crippen molar-refractivity contribution < 1.29 is 9.84 Å². The fourth-order valence-corrected chi connectivity index (χ4v) is 5.56. The van der Waals surface area contributed by atoms with E-state index in [0.29, 0.717) is 0 Å². The van der Waals surface area contributed by atoms with Crippen LogP contribution in [-0.4, -0.2) is 17.1 Å². The average molecular weight is 341 g/mol. The van der Waals surface area contributed by atoms with Crippen molar-refractivity contribution in [3.05, 3.63) is 101 Å². The number of aliphatic hydroxyl groups is 1. The van der Waals surface area contributed by atoms with Crippen LogP contribution in [-0.2, 0) is 11.3 Å². The van der Waals surface area contributed by atoms with Crippen molar-refractivity contribution in [1.82, 2.24) is 4.90 Å². The lowest BCUT2D eigenvalue weighted by molar-refractivity contribution is -0.233. The van der Waals surface area contributed by atoms with Gasteiger partial charge in [0, 0.05) is 18.0 Å². The van der Waals surface area contributed by atoms with Crippen LogP contribution in [0.25, 0.3) is 0 Å². The van der Waals surface area contributed by atoms with E-state index in [9.17, 15) is 5.11 Å². The summed E-state index contributed by atoms with van der Waals surface area (Å²) in [5, 5.41) is 11.6. The molecule has 3 aliphatic heterocycles. The van der Waals surface area contributed by atoms with E-state index in [1.165, 1.54) is 22.3 Å². The Morgan fingerprint density at radius 1 is 0.885 bits per heavy atom. The van der Waals surface area contributed by atoms with Crippen molar-refractivity contribution >= 4 is 0 Å². The first-order chi connectivity index (χ1) is 12.7. The van der Waals surface area contributed by atoms with Crippen molar-refractivity contribution in [2.75, 3.05) is 7.11 Å². The summed E-state index contributed by atoms with van der Waals surface area (Å²) >= 11 is 0. The van der Waals surface area contributed by atoms with E-state index in [1.54, 1.807) is 7.11 Å². The summed E-state index contributed by atoms with van der Waals surface area (Å²) < 4.78 is 5.37. The minimum atomic E-state index is -0.889. The molecule has 3 aliphatic rings. The highest BCUT2D eigenvalue weighted by Crippen LogP contribution is 2.71. The molecule has 0 amide bonds. The highest BCUT2D eigenvalue weighted by atomic mass is 16.5. The van der Waals surface area contributed by atoms with Gasteiger partial charge in [0.2, 0.25) is 0 Å². The van der Waals surface area contributed by atoms with Gasteiger partial charge in [-0.1, -0.05) is 60.7 Å². The Labute approximate surface area is 152 Å². The van der Waals surface area contributed by atoms with Crippen LogP contribution in [0.1, 0.15) is 40.3 Å². The van der Waals surface area contributed by atoms with Crippen LogP contribution in [0, 0.1) is 0 Å². The van der Waals surface area contributed by atoms with Gasteiger partial charge in [0.1, 0.15) is 17.0 Å². The highest BCUT2D eigenvalue weighted by Gasteiger charge is 2.72. The summed E-state index contributed by atoms with van der Waals surface area (Å²) in [4.78, 5) is 2.32. The molecule has 3 heteroatoms. The summed E-state index contributed by atoms with van der Waals surface area (Å²) in [5.74, 6) is 0.845. The van der Waals surface area contributed by atoms with Gasteiger partial charge in [-0.25, -0.2) is 4.90 Å². The summed E-state index contributed by atoms with van der Waals surface area (Å²) in [7, 11) is 1.69. The molecule has 3 nitrogen and oxygen atoms in total. The third-order valence-electron chi connectivity index (χ3n) is 6.52. The zero-order valence-corrected chi connectivity index (χ0v) is 14.5. The van der Waals surface area contributed by atoms with Crippen molar-refractivity contribution in [2.24, 2.45) is 0 Å². The average Bonchev–Trinajstić information content (AvgIpc) is 3.03. The minimum Gasteiger partial charge on any atom is -0.497 e. The van der Waals surface area contributed by atoms with Crippen molar-refractivity contribution in [3.8, 4) is 5.75 Å². The largest absolute Gasteiger partial charge is 0.497 e. The number of fused-ring (bicyclic) bond motifs is 6. The van der Waals surface area contributed by atoms with Gasteiger partial charge in [-0.15, -0.1) is 0 Å². The molecule has 26 heavy (non-hydrogen) atoms. The van der Waals surface area contributed by atoms with Gasteiger partial charge in [-0.2, -0.15) is 0 Å². The molecule has 3 aromatic rings. The quantitative estimate of drug-likeness (QED) is 0.767. The third-order valence-corrected chi connectivity index (χ3v) is 6.52. The number of benzene rings is 3. The minimum absolute atomic E-state index is 0.255. The first-order valence-electron chi connectivity index (χ1n) is 9.07. The van der Waals surface area contributed by atoms with Crippen LogP contribution in [0.5, 0.6) is 5.75 Å². The number of rotatable bonds is 2. The Hall–Kier alpha value is -2.62. The topological polar surface area (TPSA) is 32.7 Å². The Balaban J connectivity index is 1.73. The van der Waals surface area contributed by atoms with Gasteiger partial charge in [0.05, 0.1) is 7.11 Å². The van der Waals surface area contributed by atoms with Crippen LogP contribution in [0.15, 0.2) is 72.8 Å². The van der Waals surface area contributed by atoms with E-state index in [0.717, 1.165) is 17.7 Å². The summed E-state index contributed by atoms with van der Waals surface area (Å²) in [5.41, 5.74) is 4.72. The molecular weight excluding hydrogens is 322 g/mol. The maximum atomic E-state index is 11.6. The number of nitrogens with zero attached hydrogens (tertiary/aromatic N) is 1. The summed E-state index contributed by atoms with van der Waals surface area (Å²) in [6.45, 7) is 0. The third kappa shape index (κ3) is 1.37. The molecule has 1 saturated heterocycles. The van der Waals surface area contributed by atoms with E-state index in [1.807, 2.05) is 18.2 Å². The zero-order valence-electron chi connectivity index (χ0n) is 14.5. The van der Waals surface area contributed by atoms with Gasteiger partial charge in [0.25, 0.3) is 0 Å². The Morgan fingerprint density at radius 2 is 1.54 bits per heavy atom. The lowest BCUT2D eigenvalue weighted by Crippen LogP contribution is -2.58. The molecule has 128 valence electrons. The van der Waals surface area contributed by atoms with E-state index in [4.69, 9.17) is 4.74 Å². The van der Waals surface area contributed by atoms with Crippen LogP contribution in [0.4, 0.5) is 0 Å². The van der Waals surface area contributed by atoms with Crippen LogP contribution < -0.4 is 4.74 Å². The Kier molecular flexibility index (Phi) is 2.55. The molecular formula is C23H19NO2. The molecule has 0 bridgehead atoms. The smallest absolute Gasteiger partial charge is 0.148 e. The molecule has 3 heterocycles. The van der Waals surface area contributed by atoms with Crippen molar-refractivity contribution in [2.45, 2.75) is 23.7 Å². The molecule has 3 unspecified atom stereocenters. The van der Waals surface area contributed by atoms with E-state index in [-0.39, 0.29) is 6.04 Å². The lowest BCUT2D eigenvalue weighted by atomic mass is 9.77. The Bertz CT molecular complexity index is 1040. The summed E-state index contributed by atoms with van der Waals surface area (Å²) in [6, 6.07) is 25.6. The first kappa shape index (κ1) is 14.5. The van der Waals surface area contributed by atoms with Crippen LogP contribution in [0.2, 0.25) is 0 Å². The molecule has 0 aromatic heterocycles. The lowest BCUT2D eigenvalue weighted by Gasteiger charge is -2.53. The standard InChI is InChI=1S/C23H19NO2/c1-26-16-12-10-15(11-13-16)23-18-7-3-2-6-17(18)21-14-22(25,24(21)23)19-8-4-5-9-20(19)23/h2-13,21,25H,14H2,1H3. The Morgan fingerprint density at radius 3 is 2.27 bits per heavy atom. The number of methoxy groups -OCH3 is 1. The molecule has 0 spiro atoms. The van der Waals surface area contributed by atoms with Gasteiger partial charge in [-0.05, 0) is 34.4 Å². The van der Waals surface area contributed by atoms with Gasteiger partial charge >= 0.3 is 0 Å². The fraction of sp³-hybridized carbons (Fsp3) is 0.217. The van der Waals surface area contributed by atoms with E-state index < -0.39 is 11.3 Å². The molecule has 1 fully saturated rings. The second-order valence-electron chi connectivity index (χ2n) is 7.48. The predicted molar refractivity (Wildman–Crippen MR) is 98.9 cm³/mol. The second kappa shape index (κ2) is 4.56. The van der Waals surface area contributed by atoms with Gasteiger partial charge < -0.3 is 9.84 Å². The number of hydrogen-bond acceptors (Lipinski definition) is 3. The SMILES string of the molecule is COc1ccc(C23c4ccccc4C4CC(O)(c5ccccc52)N43)cc1. The molecule has 0 saturated carbocycles. The fourth-order valence-electron chi connectivity index (χ4n) is 5.56. The van der Waals surface area contributed by atoms with Crippen LogP contribution in [0.3, 0.4) is 0 Å². The predicted octanol–water partition coefficient (Wildman–Crippen LogP) is 3.91. The van der Waals surface area contributed by atoms with Gasteiger partial charge in [0.15, 0.2) is 0 Å². The van der Waals surface area contributed by atoms with E-state index in [2.05, 4.69) is 59.5 Å². The van der Waals surface area contributed by atoms with Crippen LogP contribution >= 0.6 is 0 Å². The zero-order chi connectivity index (χ0) is 17.5. The molecule has 0 aliphatic carbocycles. The monoisotopic (exact) mass is 341 g/mol. The molecule has 3 atom stereocenters. The molecule has 1 N–H and O–H groups in total. The maximum Gasteiger partial charge on any atom is 0.148 e. The van der Waals surface area contributed by atoms with Crippen molar-refractivity contribution in [1.29, 1.82) is 0 Å². The van der Waals surface area contributed by atoms with E-state index >= 15 is 0 Å². The van der Waals surface area contributed by atoms with Gasteiger partial charge in [-0.3, -0.25) is 0 Å². The van der Waals surface area contributed by atoms with Crippen molar-refractivity contribution in [3.63, 3.8) is 0 Å². The molecule has 3 aromatic carbocycles. The molecule has 6 rings (SSSR count). The number of ether oxygens (including phenoxy) is 1.